The first-order valence-electron chi connectivity index (χ1n) is 21.0. The third kappa shape index (κ3) is 36.0. The van der Waals surface area contributed by atoms with Crippen LogP contribution >= 0.6 is 0 Å². The topological polar surface area (TPSA) is 69.6 Å². The van der Waals surface area contributed by atoms with Crippen LogP contribution in [0.15, 0.2) is 24.3 Å². The standard InChI is InChI=1S/C43H83NO3/c1-3-5-7-9-11-13-15-17-19-20-21-22-23-24-25-27-29-31-33-35-37-39-43(47)44-41(40-45)42(46)38-36-34-32-30-28-26-18-16-14-12-10-8-6-4-2/h5,7,11,13,41-42,45-46H,3-4,6,8-10,12,14-40H2,1-2H3,(H,44,47)/b7-5-,13-11-. The number of aliphatic hydroxyl groups excluding tert-OH is 2. The molecule has 0 fully saturated rings. The number of nitrogens with one attached hydrogen (secondary N) is 1. The monoisotopic (exact) mass is 662 g/mol. The molecule has 2 unspecified atom stereocenters. The van der Waals surface area contributed by atoms with Gasteiger partial charge in [0, 0.05) is 6.42 Å². The number of rotatable bonds is 38. The van der Waals surface area contributed by atoms with Gasteiger partial charge in [0.1, 0.15) is 0 Å². The molecule has 4 heteroatoms. The van der Waals surface area contributed by atoms with E-state index in [1.807, 2.05) is 0 Å². The molecule has 0 aliphatic heterocycles. The SMILES string of the molecule is CC/C=C\C/C=C\CCCCCCCCCCCCCCCCC(=O)NC(CO)C(O)CCCCCCCCCCCCCCCC. The van der Waals surface area contributed by atoms with Crippen LogP contribution in [0, 0.1) is 0 Å². The van der Waals surface area contributed by atoms with Crippen LogP contribution in [0.25, 0.3) is 0 Å². The number of aliphatic hydroxyl groups is 2. The van der Waals surface area contributed by atoms with Crippen molar-refractivity contribution in [2.75, 3.05) is 6.61 Å². The molecule has 278 valence electrons. The first kappa shape index (κ1) is 45.9. The van der Waals surface area contributed by atoms with Crippen LogP contribution < -0.4 is 5.32 Å². The predicted molar refractivity (Wildman–Crippen MR) is 207 cm³/mol. The molecule has 1 amide bonds. The highest BCUT2D eigenvalue weighted by Gasteiger charge is 2.19. The summed E-state index contributed by atoms with van der Waals surface area (Å²) in [5.74, 6) is -0.0311. The van der Waals surface area contributed by atoms with Crippen LogP contribution in [0.3, 0.4) is 0 Å². The van der Waals surface area contributed by atoms with Gasteiger partial charge in [-0.25, -0.2) is 0 Å². The molecule has 0 heterocycles. The van der Waals surface area contributed by atoms with Gasteiger partial charge in [0.15, 0.2) is 0 Å². The first-order chi connectivity index (χ1) is 23.2. The van der Waals surface area contributed by atoms with Crippen LogP contribution in [-0.2, 0) is 4.79 Å². The van der Waals surface area contributed by atoms with Gasteiger partial charge in [0.25, 0.3) is 0 Å². The molecule has 0 saturated carbocycles. The Morgan fingerprint density at radius 1 is 0.532 bits per heavy atom. The number of carbonyl (C=O) groups excluding carboxylic acids is 1. The molecule has 0 spiro atoms. The van der Waals surface area contributed by atoms with Gasteiger partial charge < -0.3 is 15.5 Å². The molecule has 0 bridgehead atoms. The molecule has 0 aromatic carbocycles. The van der Waals surface area contributed by atoms with Gasteiger partial charge in [-0.2, -0.15) is 0 Å². The van der Waals surface area contributed by atoms with Crippen molar-refractivity contribution in [3.63, 3.8) is 0 Å². The summed E-state index contributed by atoms with van der Waals surface area (Å²) in [7, 11) is 0. The van der Waals surface area contributed by atoms with Gasteiger partial charge in [-0.05, 0) is 38.5 Å². The first-order valence-corrected chi connectivity index (χ1v) is 21.0. The molecule has 3 N–H and O–H groups in total. The van der Waals surface area contributed by atoms with Crippen LogP contribution in [0.2, 0.25) is 0 Å². The number of hydrogen-bond acceptors (Lipinski definition) is 3. The Kier molecular flexibility index (Phi) is 38.4. The normalized spacial score (nSPS) is 13.2. The lowest BCUT2D eigenvalue weighted by Crippen LogP contribution is -2.45. The third-order valence-corrected chi connectivity index (χ3v) is 9.73. The lowest BCUT2D eigenvalue weighted by Gasteiger charge is -2.22. The maximum Gasteiger partial charge on any atom is 0.220 e. The van der Waals surface area contributed by atoms with E-state index in [0.717, 1.165) is 38.5 Å². The van der Waals surface area contributed by atoms with Crippen LogP contribution in [0.1, 0.15) is 226 Å². The molecular weight excluding hydrogens is 578 g/mol. The summed E-state index contributed by atoms with van der Waals surface area (Å²) < 4.78 is 0. The fourth-order valence-electron chi connectivity index (χ4n) is 6.52. The van der Waals surface area contributed by atoms with Crippen LogP contribution in [0.4, 0.5) is 0 Å². The second-order valence-corrected chi connectivity index (χ2v) is 14.4. The summed E-state index contributed by atoms with van der Waals surface area (Å²) in [6.07, 6.45) is 49.6. The van der Waals surface area contributed by atoms with E-state index in [1.165, 1.54) is 161 Å². The highest BCUT2D eigenvalue weighted by Crippen LogP contribution is 2.16. The van der Waals surface area contributed by atoms with Crippen molar-refractivity contribution in [2.24, 2.45) is 0 Å². The van der Waals surface area contributed by atoms with Crippen molar-refractivity contribution in [1.29, 1.82) is 0 Å². The van der Waals surface area contributed by atoms with Crippen LogP contribution in [-0.4, -0.2) is 34.9 Å². The molecule has 0 aromatic rings. The molecule has 0 aliphatic carbocycles. The minimum absolute atomic E-state index is 0.0311. The lowest BCUT2D eigenvalue weighted by atomic mass is 10.0. The van der Waals surface area contributed by atoms with Gasteiger partial charge >= 0.3 is 0 Å². The van der Waals surface area contributed by atoms with Crippen molar-refractivity contribution in [3.05, 3.63) is 24.3 Å². The minimum atomic E-state index is -0.656. The maximum absolute atomic E-state index is 12.4. The molecule has 0 aliphatic rings. The summed E-state index contributed by atoms with van der Waals surface area (Å²) in [5.41, 5.74) is 0. The van der Waals surface area contributed by atoms with E-state index in [-0.39, 0.29) is 12.5 Å². The fourth-order valence-corrected chi connectivity index (χ4v) is 6.52. The van der Waals surface area contributed by atoms with Gasteiger partial charge in [0.05, 0.1) is 18.8 Å². The van der Waals surface area contributed by atoms with Crippen molar-refractivity contribution in [2.45, 2.75) is 238 Å². The van der Waals surface area contributed by atoms with Crippen molar-refractivity contribution in [1.82, 2.24) is 5.32 Å². The maximum atomic E-state index is 12.4. The lowest BCUT2D eigenvalue weighted by molar-refractivity contribution is -0.123. The molecular formula is C43H83NO3. The third-order valence-electron chi connectivity index (χ3n) is 9.73. The van der Waals surface area contributed by atoms with E-state index in [9.17, 15) is 15.0 Å². The largest absolute Gasteiger partial charge is 0.394 e. The van der Waals surface area contributed by atoms with E-state index in [4.69, 9.17) is 0 Å². The number of unbranched alkanes of at least 4 members (excludes halogenated alkanes) is 27. The van der Waals surface area contributed by atoms with Crippen LogP contribution in [0.5, 0.6) is 0 Å². The van der Waals surface area contributed by atoms with E-state index in [1.54, 1.807) is 0 Å². The Labute approximate surface area is 294 Å². The minimum Gasteiger partial charge on any atom is -0.394 e. The summed E-state index contributed by atoms with van der Waals surface area (Å²) in [6.45, 7) is 4.26. The Balaban J connectivity index is 3.49. The number of amides is 1. The molecule has 0 saturated heterocycles. The highest BCUT2D eigenvalue weighted by atomic mass is 16.3. The Hall–Kier alpha value is -1.13. The zero-order valence-electron chi connectivity index (χ0n) is 31.8. The molecule has 0 aromatic heterocycles. The van der Waals surface area contributed by atoms with Gasteiger partial charge in [0.2, 0.25) is 5.91 Å². The quantitative estimate of drug-likeness (QED) is 0.0455. The van der Waals surface area contributed by atoms with Gasteiger partial charge in [-0.3, -0.25) is 4.79 Å². The summed E-state index contributed by atoms with van der Waals surface area (Å²) >= 11 is 0. The molecule has 2 atom stereocenters. The highest BCUT2D eigenvalue weighted by molar-refractivity contribution is 5.76. The van der Waals surface area contributed by atoms with Crippen molar-refractivity contribution >= 4 is 5.91 Å². The summed E-state index contributed by atoms with van der Waals surface area (Å²) in [4.78, 5) is 12.4. The zero-order chi connectivity index (χ0) is 34.3. The number of carbonyl (C=O) groups is 1. The zero-order valence-corrected chi connectivity index (χ0v) is 31.8. The smallest absolute Gasteiger partial charge is 0.220 e. The number of allylic oxidation sites excluding steroid dienone is 4. The van der Waals surface area contributed by atoms with E-state index in [0.29, 0.717) is 12.8 Å². The number of hydrogen-bond donors (Lipinski definition) is 3. The summed E-state index contributed by atoms with van der Waals surface area (Å²) in [5, 5.41) is 23.1. The second kappa shape index (κ2) is 39.3. The Bertz CT molecular complexity index is 676. The van der Waals surface area contributed by atoms with E-state index < -0.39 is 12.1 Å². The molecule has 0 rings (SSSR count). The van der Waals surface area contributed by atoms with Gasteiger partial charge in [-0.1, -0.05) is 205 Å². The Morgan fingerprint density at radius 3 is 1.38 bits per heavy atom. The second-order valence-electron chi connectivity index (χ2n) is 14.4. The fraction of sp³-hybridized carbons (Fsp3) is 0.884. The van der Waals surface area contributed by atoms with Crippen molar-refractivity contribution in [3.8, 4) is 0 Å². The Morgan fingerprint density at radius 2 is 0.936 bits per heavy atom. The van der Waals surface area contributed by atoms with Gasteiger partial charge in [-0.15, -0.1) is 0 Å². The predicted octanol–water partition coefficient (Wildman–Crippen LogP) is 12.8. The molecule has 4 nitrogen and oxygen atoms in total. The van der Waals surface area contributed by atoms with E-state index in [2.05, 4.69) is 43.5 Å². The molecule has 0 radical (unpaired) electrons. The average molecular weight is 662 g/mol. The summed E-state index contributed by atoms with van der Waals surface area (Å²) in [6, 6.07) is -0.533. The molecule has 47 heavy (non-hydrogen) atoms. The van der Waals surface area contributed by atoms with Crippen molar-refractivity contribution < 1.29 is 15.0 Å². The van der Waals surface area contributed by atoms with E-state index >= 15 is 0 Å². The average Bonchev–Trinajstić information content (AvgIpc) is 3.07.